The Morgan fingerprint density at radius 1 is 0.867 bits per heavy atom. The maximum atomic E-state index is 5.72. The van der Waals surface area contributed by atoms with E-state index in [0.717, 1.165) is 19.6 Å². The molecule has 0 saturated heterocycles. The molecule has 0 aromatic heterocycles. The fourth-order valence-electron chi connectivity index (χ4n) is 1.04. The highest BCUT2D eigenvalue weighted by Crippen LogP contribution is 2.13. The summed E-state index contributed by atoms with van der Waals surface area (Å²) in [4.78, 5) is 0. The molecule has 15 heavy (non-hydrogen) atoms. The maximum Gasteiger partial charge on any atom is 0.0598 e. The van der Waals surface area contributed by atoms with Gasteiger partial charge in [-0.05, 0) is 53.9 Å². The predicted molar refractivity (Wildman–Crippen MR) is 65.2 cm³/mol. The van der Waals surface area contributed by atoms with Gasteiger partial charge in [-0.25, -0.2) is 0 Å². The molecule has 2 heteroatoms. The molecular weight excluding hydrogens is 188 g/mol. The van der Waals surface area contributed by atoms with Crippen LogP contribution < -0.4 is 0 Å². The minimum atomic E-state index is -0.0286. The molecule has 0 heterocycles. The van der Waals surface area contributed by atoms with Crippen LogP contribution in [0.1, 0.15) is 54.9 Å². The Morgan fingerprint density at radius 3 is 1.73 bits per heavy atom. The molecule has 0 rings (SSSR count). The summed E-state index contributed by atoms with van der Waals surface area (Å²) in [7, 11) is 0. The van der Waals surface area contributed by atoms with E-state index < -0.39 is 0 Å². The molecule has 0 radical (unpaired) electrons. The Balaban J connectivity index is 3.54. The molecule has 0 amide bonds. The first-order valence-corrected chi connectivity index (χ1v) is 5.88. The van der Waals surface area contributed by atoms with Gasteiger partial charge in [0.15, 0.2) is 0 Å². The highest BCUT2D eigenvalue weighted by Gasteiger charge is 2.14. The summed E-state index contributed by atoms with van der Waals surface area (Å²) in [6.07, 6.45) is 1.06. The van der Waals surface area contributed by atoms with Gasteiger partial charge in [0.05, 0.1) is 11.2 Å². The van der Waals surface area contributed by atoms with Gasteiger partial charge in [-0.2, -0.15) is 0 Å². The second-order valence-electron chi connectivity index (χ2n) is 6.28. The van der Waals surface area contributed by atoms with Crippen LogP contribution in [0.5, 0.6) is 0 Å². The van der Waals surface area contributed by atoms with Gasteiger partial charge >= 0.3 is 0 Å². The van der Waals surface area contributed by atoms with Gasteiger partial charge in [0.2, 0.25) is 0 Å². The number of hydrogen-bond acceptors (Lipinski definition) is 2. The zero-order chi connectivity index (χ0) is 12.1. The van der Waals surface area contributed by atoms with E-state index in [0.29, 0.717) is 5.92 Å². The van der Waals surface area contributed by atoms with Gasteiger partial charge in [-0.3, -0.25) is 0 Å². The minimum Gasteiger partial charge on any atom is -0.376 e. The topological polar surface area (TPSA) is 18.5 Å². The molecule has 2 nitrogen and oxygen atoms in total. The van der Waals surface area contributed by atoms with Crippen molar-refractivity contribution < 1.29 is 9.47 Å². The van der Waals surface area contributed by atoms with E-state index >= 15 is 0 Å². The van der Waals surface area contributed by atoms with E-state index in [2.05, 4.69) is 48.5 Å². The largest absolute Gasteiger partial charge is 0.376 e. The van der Waals surface area contributed by atoms with Gasteiger partial charge in [0.25, 0.3) is 0 Å². The molecule has 0 spiro atoms. The van der Waals surface area contributed by atoms with Crippen molar-refractivity contribution in [2.45, 2.75) is 66.1 Å². The number of rotatable bonds is 5. The Labute approximate surface area is 95.3 Å². The second-order valence-corrected chi connectivity index (χ2v) is 6.28. The van der Waals surface area contributed by atoms with Crippen molar-refractivity contribution in [2.24, 2.45) is 5.92 Å². The van der Waals surface area contributed by atoms with Crippen LogP contribution >= 0.6 is 0 Å². The van der Waals surface area contributed by atoms with Gasteiger partial charge in [0.1, 0.15) is 0 Å². The third-order valence-electron chi connectivity index (χ3n) is 1.95. The van der Waals surface area contributed by atoms with Crippen LogP contribution in [0.2, 0.25) is 0 Å². The first-order valence-electron chi connectivity index (χ1n) is 5.88. The van der Waals surface area contributed by atoms with E-state index in [-0.39, 0.29) is 11.2 Å². The third-order valence-corrected chi connectivity index (χ3v) is 1.95. The highest BCUT2D eigenvalue weighted by atomic mass is 16.5. The molecule has 0 N–H and O–H groups in total. The monoisotopic (exact) mass is 216 g/mol. The van der Waals surface area contributed by atoms with Crippen molar-refractivity contribution in [2.75, 3.05) is 13.2 Å². The van der Waals surface area contributed by atoms with Crippen LogP contribution in [-0.4, -0.2) is 24.4 Å². The molecule has 1 atom stereocenters. The molecule has 0 aliphatic heterocycles. The SMILES string of the molecule is CC(CCOC(C)(C)C)COC(C)(C)C. The van der Waals surface area contributed by atoms with Crippen molar-refractivity contribution in [3.8, 4) is 0 Å². The molecule has 0 aromatic rings. The van der Waals surface area contributed by atoms with Crippen molar-refractivity contribution >= 4 is 0 Å². The normalized spacial score (nSPS) is 15.4. The summed E-state index contributed by atoms with van der Waals surface area (Å²) in [5, 5.41) is 0. The predicted octanol–water partition coefficient (Wildman–Crippen LogP) is 3.64. The number of ether oxygens (including phenoxy) is 2. The molecular formula is C13H28O2. The average Bonchev–Trinajstić information content (AvgIpc) is 1.97. The van der Waals surface area contributed by atoms with Gasteiger partial charge in [-0.15, -0.1) is 0 Å². The molecule has 0 bridgehead atoms. The van der Waals surface area contributed by atoms with Crippen LogP contribution in [-0.2, 0) is 9.47 Å². The van der Waals surface area contributed by atoms with Crippen molar-refractivity contribution in [3.05, 3.63) is 0 Å². The molecule has 0 fully saturated rings. The molecule has 0 aliphatic rings. The lowest BCUT2D eigenvalue weighted by Crippen LogP contribution is -2.24. The smallest absolute Gasteiger partial charge is 0.0598 e. The van der Waals surface area contributed by atoms with Crippen LogP contribution in [0.15, 0.2) is 0 Å². The average molecular weight is 216 g/mol. The molecule has 0 aliphatic carbocycles. The fourth-order valence-corrected chi connectivity index (χ4v) is 1.04. The van der Waals surface area contributed by atoms with Gasteiger partial charge in [-0.1, -0.05) is 6.92 Å². The van der Waals surface area contributed by atoms with Crippen LogP contribution in [0.3, 0.4) is 0 Å². The van der Waals surface area contributed by atoms with Crippen molar-refractivity contribution in [1.82, 2.24) is 0 Å². The summed E-state index contributed by atoms with van der Waals surface area (Å²) in [5.41, 5.74) is -0.0518. The third kappa shape index (κ3) is 11.8. The van der Waals surface area contributed by atoms with E-state index in [1.165, 1.54) is 0 Å². The van der Waals surface area contributed by atoms with Gasteiger partial charge < -0.3 is 9.47 Å². The van der Waals surface area contributed by atoms with Gasteiger partial charge in [0, 0.05) is 13.2 Å². The Bertz CT molecular complexity index is 162. The summed E-state index contributed by atoms with van der Waals surface area (Å²) in [6.45, 7) is 16.4. The quantitative estimate of drug-likeness (QED) is 0.698. The van der Waals surface area contributed by atoms with Crippen LogP contribution in [0.4, 0.5) is 0 Å². The lowest BCUT2D eigenvalue weighted by Gasteiger charge is -2.24. The maximum absolute atomic E-state index is 5.72. The first kappa shape index (κ1) is 14.9. The minimum absolute atomic E-state index is 0.0232. The molecule has 92 valence electrons. The Hall–Kier alpha value is -0.0800. The van der Waals surface area contributed by atoms with E-state index in [1.807, 2.05) is 0 Å². The van der Waals surface area contributed by atoms with E-state index in [9.17, 15) is 0 Å². The molecule has 1 unspecified atom stereocenters. The van der Waals surface area contributed by atoms with Crippen LogP contribution in [0.25, 0.3) is 0 Å². The Kier molecular flexibility index (Phi) is 5.82. The van der Waals surface area contributed by atoms with E-state index in [1.54, 1.807) is 0 Å². The van der Waals surface area contributed by atoms with Crippen molar-refractivity contribution in [3.63, 3.8) is 0 Å². The zero-order valence-electron chi connectivity index (χ0n) is 11.5. The van der Waals surface area contributed by atoms with Crippen LogP contribution in [0, 0.1) is 5.92 Å². The zero-order valence-corrected chi connectivity index (χ0v) is 11.5. The lowest BCUT2D eigenvalue weighted by atomic mass is 10.1. The summed E-state index contributed by atoms with van der Waals surface area (Å²) < 4.78 is 11.4. The summed E-state index contributed by atoms with van der Waals surface area (Å²) >= 11 is 0. The summed E-state index contributed by atoms with van der Waals surface area (Å²) in [6, 6.07) is 0. The molecule has 0 saturated carbocycles. The standard InChI is InChI=1S/C13H28O2/c1-11(10-15-13(5,6)7)8-9-14-12(2,3)4/h11H,8-10H2,1-7H3. The van der Waals surface area contributed by atoms with Crippen molar-refractivity contribution in [1.29, 1.82) is 0 Å². The first-order chi connectivity index (χ1) is 6.60. The number of hydrogen-bond donors (Lipinski definition) is 0. The molecule has 0 aromatic carbocycles. The second kappa shape index (κ2) is 5.86. The highest BCUT2D eigenvalue weighted by molar-refractivity contribution is 4.62. The summed E-state index contributed by atoms with van der Waals surface area (Å²) in [5.74, 6) is 0.562. The van der Waals surface area contributed by atoms with E-state index in [4.69, 9.17) is 9.47 Å². The lowest BCUT2D eigenvalue weighted by molar-refractivity contribution is -0.0390. The Morgan fingerprint density at radius 2 is 1.33 bits per heavy atom. The fraction of sp³-hybridized carbons (Fsp3) is 1.00.